The van der Waals surface area contributed by atoms with Crippen LogP contribution in [0.4, 0.5) is 5.69 Å². The predicted molar refractivity (Wildman–Crippen MR) is 89.2 cm³/mol. The van der Waals surface area contributed by atoms with Gasteiger partial charge in [-0.05, 0) is 30.3 Å². The van der Waals surface area contributed by atoms with Gasteiger partial charge in [0.1, 0.15) is 5.75 Å². The number of ether oxygens (including phenoxy) is 1. The molecule has 0 atom stereocenters. The second-order valence-corrected chi connectivity index (χ2v) is 6.03. The zero-order valence-electron chi connectivity index (χ0n) is 12.1. The fraction of sp³-hybridized carbons (Fsp3) is 0.0625. The number of hydrogen-bond acceptors (Lipinski definition) is 5. The summed E-state index contributed by atoms with van der Waals surface area (Å²) in [5, 5.41) is 10.7. The van der Waals surface area contributed by atoms with Crippen LogP contribution in [-0.2, 0) is 0 Å². The van der Waals surface area contributed by atoms with E-state index in [-0.39, 0.29) is 5.69 Å². The molecular weight excluding hydrogens is 314 g/mol. The minimum absolute atomic E-state index is 0.0762. The van der Waals surface area contributed by atoms with Crippen LogP contribution in [0.2, 0.25) is 0 Å². The number of nitrogens with zero attached hydrogens (tertiary/aromatic N) is 3. The van der Waals surface area contributed by atoms with Crippen LogP contribution in [0.15, 0.2) is 48.7 Å². The van der Waals surface area contributed by atoms with E-state index in [1.807, 2.05) is 28.8 Å². The maximum Gasteiger partial charge on any atom is 0.269 e. The molecule has 0 amide bonds. The zero-order chi connectivity index (χ0) is 16.0. The third-order valence-corrected chi connectivity index (χ3v) is 4.69. The summed E-state index contributed by atoms with van der Waals surface area (Å²) in [5.74, 6) is 0.817. The first-order valence-electron chi connectivity index (χ1n) is 6.86. The van der Waals surface area contributed by atoms with Crippen molar-refractivity contribution >= 4 is 32.2 Å². The van der Waals surface area contributed by atoms with Crippen molar-refractivity contribution in [1.82, 2.24) is 9.38 Å². The van der Waals surface area contributed by atoms with E-state index in [9.17, 15) is 10.1 Å². The van der Waals surface area contributed by atoms with E-state index < -0.39 is 4.92 Å². The Balaban J connectivity index is 1.81. The average molecular weight is 325 g/mol. The molecule has 0 aliphatic carbocycles. The third kappa shape index (κ3) is 2.22. The van der Waals surface area contributed by atoms with Crippen LogP contribution in [-0.4, -0.2) is 21.4 Å². The smallest absolute Gasteiger partial charge is 0.269 e. The van der Waals surface area contributed by atoms with Gasteiger partial charge in [0.05, 0.1) is 27.9 Å². The molecule has 23 heavy (non-hydrogen) atoms. The van der Waals surface area contributed by atoms with Crippen LogP contribution in [0, 0.1) is 10.1 Å². The Kier molecular flexibility index (Phi) is 3.02. The van der Waals surface area contributed by atoms with Gasteiger partial charge in [-0.2, -0.15) is 0 Å². The molecule has 2 aromatic carbocycles. The van der Waals surface area contributed by atoms with Gasteiger partial charge in [-0.1, -0.05) is 11.3 Å². The van der Waals surface area contributed by atoms with Gasteiger partial charge >= 0.3 is 0 Å². The molecule has 0 saturated heterocycles. The molecule has 4 rings (SSSR count). The highest BCUT2D eigenvalue weighted by Crippen LogP contribution is 2.32. The summed E-state index contributed by atoms with van der Waals surface area (Å²) in [5.41, 5.74) is 2.79. The highest BCUT2D eigenvalue weighted by atomic mass is 32.1. The fourth-order valence-corrected chi connectivity index (χ4v) is 3.54. The Morgan fingerprint density at radius 2 is 2.00 bits per heavy atom. The summed E-state index contributed by atoms with van der Waals surface area (Å²) < 4.78 is 8.36. The van der Waals surface area contributed by atoms with Gasteiger partial charge in [0.2, 0.25) is 0 Å². The first-order chi connectivity index (χ1) is 11.2. The molecular formula is C16H11N3O3S. The lowest BCUT2D eigenvalue weighted by atomic mass is 10.1. The minimum atomic E-state index is -0.406. The maximum atomic E-state index is 10.7. The van der Waals surface area contributed by atoms with Crippen LogP contribution in [0.1, 0.15) is 0 Å². The Morgan fingerprint density at radius 3 is 2.70 bits per heavy atom. The summed E-state index contributed by atoms with van der Waals surface area (Å²) >= 11 is 1.58. The summed E-state index contributed by atoms with van der Waals surface area (Å²) in [7, 11) is 1.65. The number of aromatic nitrogens is 2. The van der Waals surface area contributed by atoms with Crippen LogP contribution in [0.3, 0.4) is 0 Å². The lowest BCUT2D eigenvalue weighted by molar-refractivity contribution is -0.384. The Labute approximate surface area is 134 Å². The van der Waals surface area contributed by atoms with Crippen LogP contribution < -0.4 is 4.74 Å². The summed E-state index contributed by atoms with van der Waals surface area (Å²) in [4.78, 5) is 15.8. The van der Waals surface area contributed by atoms with Gasteiger partial charge in [-0.25, -0.2) is 4.98 Å². The van der Waals surface area contributed by atoms with Crippen LogP contribution in [0.5, 0.6) is 5.75 Å². The molecule has 0 aliphatic heterocycles. The second kappa shape index (κ2) is 5.06. The lowest BCUT2D eigenvalue weighted by Gasteiger charge is -1.98. The number of fused-ring (bicyclic) bond motifs is 3. The van der Waals surface area contributed by atoms with E-state index >= 15 is 0 Å². The van der Waals surface area contributed by atoms with E-state index in [2.05, 4.69) is 4.98 Å². The van der Waals surface area contributed by atoms with Crippen molar-refractivity contribution < 1.29 is 9.66 Å². The highest BCUT2D eigenvalue weighted by Gasteiger charge is 2.12. The van der Waals surface area contributed by atoms with E-state index in [0.29, 0.717) is 0 Å². The largest absolute Gasteiger partial charge is 0.497 e. The quantitative estimate of drug-likeness (QED) is 0.419. The van der Waals surface area contributed by atoms with E-state index in [4.69, 9.17) is 4.74 Å². The summed E-state index contributed by atoms with van der Waals surface area (Å²) in [6, 6.07) is 12.3. The molecule has 0 radical (unpaired) electrons. The first kappa shape index (κ1) is 13.7. The number of non-ortho nitro benzene ring substituents is 1. The monoisotopic (exact) mass is 325 g/mol. The molecule has 0 spiro atoms. The Bertz CT molecular complexity index is 1030. The van der Waals surface area contributed by atoms with Crippen molar-refractivity contribution in [2.45, 2.75) is 0 Å². The molecule has 0 bridgehead atoms. The van der Waals surface area contributed by atoms with Gasteiger partial charge in [0.15, 0.2) is 4.96 Å². The minimum Gasteiger partial charge on any atom is -0.497 e. The molecule has 114 valence electrons. The SMILES string of the molecule is COc1ccc2c(c1)sc1nc(-c3ccc([N+](=O)[O-])cc3)cn12. The molecule has 4 aromatic rings. The maximum absolute atomic E-state index is 10.7. The molecule has 0 aliphatic rings. The van der Waals surface area contributed by atoms with Gasteiger partial charge in [0, 0.05) is 23.9 Å². The number of rotatable bonds is 3. The molecule has 0 unspecified atom stereocenters. The number of imidazole rings is 1. The van der Waals surface area contributed by atoms with Crippen molar-refractivity contribution in [1.29, 1.82) is 0 Å². The fourth-order valence-electron chi connectivity index (χ4n) is 2.50. The average Bonchev–Trinajstić information content (AvgIpc) is 3.11. The molecule has 0 saturated carbocycles. The molecule has 2 heterocycles. The van der Waals surface area contributed by atoms with Crippen molar-refractivity contribution in [2.75, 3.05) is 7.11 Å². The van der Waals surface area contributed by atoms with Crippen molar-refractivity contribution in [3.63, 3.8) is 0 Å². The number of hydrogen-bond donors (Lipinski definition) is 0. The molecule has 7 heteroatoms. The van der Waals surface area contributed by atoms with Crippen LogP contribution >= 0.6 is 11.3 Å². The summed E-state index contributed by atoms with van der Waals surface area (Å²) in [6.45, 7) is 0. The predicted octanol–water partition coefficient (Wildman–Crippen LogP) is 4.13. The van der Waals surface area contributed by atoms with Crippen molar-refractivity contribution in [3.05, 3.63) is 58.8 Å². The Morgan fingerprint density at radius 1 is 1.22 bits per heavy atom. The second-order valence-electron chi connectivity index (χ2n) is 5.02. The molecule has 0 N–H and O–H groups in total. The lowest BCUT2D eigenvalue weighted by Crippen LogP contribution is -1.87. The van der Waals surface area contributed by atoms with Crippen LogP contribution in [0.25, 0.3) is 26.4 Å². The standard InChI is InChI=1S/C16H11N3O3S/c1-22-12-6-7-14-15(8-12)23-16-17-13(9-18(14)16)10-2-4-11(5-3-10)19(20)21/h2-9H,1H3. The highest BCUT2D eigenvalue weighted by molar-refractivity contribution is 7.23. The Hall–Kier alpha value is -2.93. The third-order valence-electron chi connectivity index (χ3n) is 3.68. The van der Waals surface area contributed by atoms with E-state index in [1.165, 1.54) is 12.1 Å². The topological polar surface area (TPSA) is 69.7 Å². The van der Waals surface area contributed by atoms with Gasteiger partial charge < -0.3 is 4.74 Å². The number of benzene rings is 2. The normalized spacial score (nSPS) is 11.2. The number of thiazole rings is 1. The van der Waals surface area contributed by atoms with Crippen molar-refractivity contribution in [2.24, 2.45) is 0 Å². The molecule has 2 aromatic heterocycles. The van der Waals surface area contributed by atoms with Gasteiger partial charge in [-0.3, -0.25) is 14.5 Å². The van der Waals surface area contributed by atoms with Gasteiger partial charge in [-0.15, -0.1) is 0 Å². The summed E-state index contributed by atoms with van der Waals surface area (Å²) in [6.07, 6.45) is 1.95. The first-order valence-corrected chi connectivity index (χ1v) is 7.68. The molecule has 6 nitrogen and oxygen atoms in total. The van der Waals surface area contributed by atoms with Crippen molar-refractivity contribution in [3.8, 4) is 17.0 Å². The number of nitro benzene ring substituents is 1. The van der Waals surface area contributed by atoms with E-state index in [0.717, 1.165) is 32.2 Å². The molecule has 0 fully saturated rings. The van der Waals surface area contributed by atoms with Gasteiger partial charge in [0.25, 0.3) is 5.69 Å². The number of nitro groups is 1. The number of methoxy groups -OCH3 is 1. The zero-order valence-corrected chi connectivity index (χ0v) is 12.9. The van der Waals surface area contributed by atoms with E-state index in [1.54, 1.807) is 30.6 Å².